The van der Waals surface area contributed by atoms with E-state index >= 15 is 0 Å². The van der Waals surface area contributed by atoms with Crippen molar-refractivity contribution < 1.29 is 28.9 Å². The lowest BCUT2D eigenvalue weighted by Gasteiger charge is -2.16. The summed E-state index contributed by atoms with van der Waals surface area (Å²) in [7, 11) is 0. The van der Waals surface area contributed by atoms with Crippen LogP contribution in [0.2, 0.25) is 0 Å². The third-order valence-electron chi connectivity index (χ3n) is 5.13. The van der Waals surface area contributed by atoms with Gasteiger partial charge in [0.2, 0.25) is 0 Å². The van der Waals surface area contributed by atoms with E-state index in [1.54, 1.807) is 6.08 Å². The Morgan fingerprint density at radius 2 is 1.93 bits per heavy atom. The summed E-state index contributed by atoms with van der Waals surface area (Å²) in [5.74, 6) is -0.222. The van der Waals surface area contributed by atoms with Crippen LogP contribution in [0.5, 0.6) is 5.75 Å². The van der Waals surface area contributed by atoms with Crippen molar-refractivity contribution in [3.63, 3.8) is 0 Å². The molecule has 1 aliphatic rings. The molecule has 1 aromatic rings. The molecule has 2 N–H and O–H groups in total. The summed E-state index contributed by atoms with van der Waals surface area (Å²) >= 11 is 0. The van der Waals surface area contributed by atoms with E-state index in [-0.39, 0.29) is 36.5 Å². The molecule has 0 amide bonds. The number of rotatable bonds is 12. The van der Waals surface area contributed by atoms with Gasteiger partial charge < -0.3 is 14.9 Å². The lowest BCUT2D eigenvalue weighted by atomic mass is 9.89. The predicted molar refractivity (Wildman–Crippen MR) is 104 cm³/mol. The highest BCUT2D eigenvalue weighted by atomic mass is 19.1. The number of carboxylic acids is 1. The monoisotopic (exact) mass is 392 g/mol. The van der Waals surface area contributed by atoms with E-state index in [2.05, 4.69) is 0 Å². The van der Waals surface area contributed by atoms with Crippen molar-refractivity contribution >= 4 is 11.8 Å². The molecule has 3 atom stereocenters. The summed E-state index contributed by atoms with van der Waals surface area (Å²) in [6, 6.07) is 5.61. The number of hydrogen-bond donors (Lipinski definition) is 2. The number of ether oxygens (including phenoxy) is 1. The molecule has 5 nitrogen and oxygen atoms in total. The average molecular weight is 392 g/mol. The molecule has 28 heavy (non-hydrogen) atoms. The lowest BCUT2D eigenvalue weighted by molar-refractivity contribution is -0.137. The molecule has 0 unspecified atom stereocenters. The van der Waals surface area contributed by atoms with Crippen LogP contribution in [0.15, 0.2) is 36.4 Å². The number of aliphatic hydroxyl groups excluding tert-OH is 1. The van der Waals surface area contributed by atoms with Crippen molar-refractivity contribution in [3.05, 3.63) is 42.2 Å². The van der Waals surface area contributed by atoms with E-state index in [1.165, 1.54) is 24.3 Å². The normalized spacial score (nSPS) is 20.6. The van der Waals surface area contributed by atoms with Gasteiger partial charge in [0.25, 0.3) is 0 Å². The molecule has 0 saturated heterocycles. The highest BCUT2D eigenvalue weighted by molar-refractivity contribution is 5.83. The Kier molecular flexibility index (Phi) is 9.14. The van der Waals surface area contributed by atoms with E-state index in [0.717, 1.165) is 32.1 Å². The first-order chi connectivity index (χ1) is 13.5. The van der Waals surface area contributed by atoms with Crippen LogP contribution in [-0.4, -0.2) is 34.7 Å². The quantitative estimate of drug-likeness (QED) is 0.413. The van der Waals surface area contributed by atoms with Gasteiger partial charge in [0.05, 0.1) is 0 Å². The van der Waals surface area contributed by atoms with Gasteiger partial charge in [-0.2, -0.15) is 0 Å². The van der Waals surface area contributed by atoms with Crippen LogP contribution in [0.3, 0.4) is 0 Å². The Morgan fingerprint density at radius 3 is 2.64 bits per heavy atom. The molecular formula is C22H29FO5. The van der Waals surface area contributed by atoms with E-state index in [1.807, 2.05) is 6.08 Å². The number of carbonyl (C=O) groups excluding carboxylic acids is 1. The fraction of sp³-hybridized carbons (Fsp3) is 0.545. The molecule has 154 valence electrons. The number of carbonyl (C=O) groups is 2. The molecule has 0 aromatic heterocycles. The van der Waals surface area contributed by atoms with Crippen molar-refractivity contribution in [2.45, 2.75) is 57.5 Å². The minimum Gasteiger partial charge on any atom is -0.491 e. The van der Waals surface area contributed by atoms with Crippen LogP contribution >= 0.6 is 0 Å². The van der Waals surface area contributed by atoms with Crippen LogP contribution < -0.4 is 4.74 Å². The van der Waals surface area contributed by atoms with E-state index in [4.69, 9.17) is 9.84 Å². The molecule has 0 spiro atoms. The van der Waals surface area contributed by atoms with E-state index in [9.17, 15) is 19.1 Å². The average Bonchev–Trinajstić information content (AvgIpc) is 3.02. The smallest absolute Gasteiger partial charge is 0.303 e. The number of carboxylic acid groups (broad SMARTS) is 1. The molecule has 1 saturated carbocycles. The van der Waals surface area contributed by atoms with Crippen LogP contribution in [0.25, 0.3) is 0 Å². The van der Waals surface area contributed by atoms with E-state index in [0.29, 0.717) is 18.6 Å². The van der Waals surface area contributed by atoms with E-state index < -0.39 is 12.1 Å². The summed E-state index contributed by atoms with van der Waals surface area (Å²) in [5.41, 5.74) is 0. The van der Waals surface area contributed by atoms with Crippen LogP contribution in [-0.2, 0) is 9.59 Å². The maximum Gasteiger partial charge on any atom is 0.303 e. The second-order valence-electron chi connectivity index (χ2n) is 7.34. The predicted octanol–water partition coefficient (Wildman–Crippen LogP) is 4.14. The molecule has 1 aliphatic carbocycles. The number of hydrogen-bond acceptors (Lipinski definition) is 4. The van der Waals surface area contributed by atoms with Crippen molar-refractivity contribution in [2.24, 2.45) is 11.8 Å². The maximum absolute atomic E-state index is 12.9. The third-order valence-corrected chi connectivity index (χ3v) is 5.13. The fourth-order valence-corrected chi connectivity index (χ4v) is 3.57. The molecule has 0 bridgehead atoms. The number of aliphatic carboxylic acids is 1. The number of ketones is 1. The largest absolute Gasteiger partial charge is 0.491 e. The number of Topliss-reactive ketones (excluding diaryl/α,β-unsaturated/α-hetero) is 1. The fourth-order valence-electron chi connectivity index (χ4n) is 3.57. The zero-order valence-electron chi connectivity index (χ0n) is 16.1. The summed E-state index contributed by atoms with van der Waals surface area (Å²) in [6.45, 7) is 0.0665. The minimum atomic E-state index is -0.794. The Labute approximate surface area is 165 Å². The van der Waals surface area contributed by atoms with Gasteiger partial charge in [-0.25, -0.2) is 4.39 Å². The molecule has 0 radical (unpaired) electrons. The molecule has 6 heteroatoms. The third kappa shape index (κ3) is 7.80. The highest BCUT2D eigenvalue weighted by Gasteiger charge is 2.32. The summed E-state index contributed by atoms with van der Waals surface area (Å²) < 4.78 is 18.3. The first-order valence-electron chi connectivity index (χ1n) is 9.95. The van der Waals surface area contributed by atoms with Gasteiger partial charge in [0.15, 0.2) is 0 Å². The van der Waals surface area contributed by atoms with Gasteiger partial charge in [-0.05, 0) is 49.4 Å². The highest BCUT2D eigenvalue weighted by Crippen LogP contribution is 2.34. The Bertz CT molecular complexity index is 655. The van der Waals surface area contributed by atoms with Crippen molar-refractivity contribution in [3.8, 4) is 5.75 Å². The maximum atomic E-state index is 12.9. The van der Waals surface area contributed by atoms with Crippen molar-refractivity contribution in [1.82, 2.24) is 0 Å². The SMILES string of the molecule is O=C(O)CCCCCC[C@H]1C(=O)CC[C@@H]1/C=C/[C@@H](O)COc1ccc(F)cc1. The number of allylic oxidation sites excluding steroid dienone is 1. The number of aliphatic hydroxyl groups is 1. The Hall–Kier alpha value is -2.21. The zero-order valence-corrected chi connectivity index (χ0v) is 16.1. The first-order valence-corrected chi connectivity index (χ1v) is 9.95. The van der Waals surface area contributed by atoms with Gasteiger partial charge in [-0.15, -0.1) is 0 Å². The standard InChI is InChI=1S/C22H29FO5/c23-17-9-12-19(13-10-17)28-15-18(24)11-7-16-8-14-21(25)20(16)5-3-1-2-4-6-22(26)27/h7,9-13,16,18,20,24H,1-6,8,14-15H2,(H,26,27)/b11-7+/t16-,18+,20+/m0/s1. The second-order valence-corrected chi connectivity index (χ2v) is 7.34. The van der Waals surface area contributed by atoms with Gasteiger partial charge in [-0.3, -0.25) is 9.59 Å². The Balaban J connectivity index is 1.71. The molecule has 1 fully saturated rings. The molecule has 2 rings (SSSR count). The van der Waals surface area contributed by atoms with Gasteiger partial charge in [-0.1, -0.05) is 31.4 Å². The summed E-state index contributed by atoms with van der Waals surface area (Å²) in [4.78, 5) is 22.6. The summed E-state index contributed by atoms with van der Waals surface area (Å²) in [5, 5.41) is 18.7. The minimum absolute atomic E-state index is 0.0130. The number of halogens is 1. The molecule has 1 aromatic carbocycles. The molecular weight excluding hydrogens is 363 g/mol. The van der Waals surface area contributed by atoms with Gasteiger partial charge in [0.1, 0.15) is 30.1 Å². The van der Waals surface area contributed by atoms with Crippen LogP contribution in [0.1, 0.15) is 51.4 Å². The topological polar surface area (TPSA) is 83.8 Å². The van der Waals surface area contributed by atoms with Gasteiger partial charge in [0, 0.05) is 18.8 Å². The summed E-state index contributed by atoms with van der Waals surface area (Å²) in [6.07, 6.45) is 8.56. The van der Waals surface area contributed by atoms with Gasteiger partial charge >= 0.3 is 5.97 Å². The van der Waals surface area contributed by atoms with Crippen LogP contribution in [0, 0.1) is 17.7 Å². The van der Waals surface area contributed by atoms with Crippen molar-refractivity contribution in [1.29, 1.82) is 0 Å². The first kappa shape index (κ1) is 22.1. The van der Waals surface area contributed by atoms with Crippen LogP contribution in [0.4, 0.5) is 4.39 Å². The van der Waals surface area contributed by atoms with Crippen molar-refractivity contribution in [2.75, 3.05) is 6.61 Å². The zero-order chi connectivity index (χ0) is 20.4. The second kappa shape index (κ2) is 11.6. The molecule has 0 heterocycles. The lowest BCUT2D eigenvalue weighted by Crippen LogP contribution is -2.17. The number of unbranched alkanes of at least 4 members (excludes halogenated alkanes) is 3. The molecule has 0 aliphatic heterocycles. The number of benzene rings is 1. The Morgan fingerprint density at radius 1 is 1.21 bits per heavy atom.